The molecule has 0 atom stereocenters. The van der Waals surface area contributed by atoms with Crippen molar-refractivity contribution < 1.29 is 28.6 Å². The Balaban J connectivity index is 1.78. The Bertz CT molecular complexity index is 1460. The summed E-state index contributed by atoms with van der Waals surface area (Å²) in [6.07, 6.45) is 0. The summed E-state index contributed by atoms with van der Waals surface area (Å²) in [7, 11) is 0. The van der Waals surface area contributed by atoms with Gasteiger partial charge in [-0.25, -0.2) is 14.6 Å². The van der Waals surface area contributed by atoms with Crippen LogP contribution in [0.1, 0.15) is 51.8 Å². The molecule has 0 aliphatic rings. The van der Waals surface area contributed by atoms with Crippen molar-refractivity contribution in [2.45, 2.75) is 20.8 Å². The van der Waals surface area contributed by atoms with E-state index in [0.717, 1.165) is 5.56 Å². The number of pyridine rings is 1. The monoisotopic (exact) mass is 512 g/mol. The molecule has 8 heteroatoms. The van der Waals surface area contributed by atoms with Crippen LogP contribution < -0.4 is 10.1 Å². The van der Waals surface area contributed by atoms with E-state index in [0.29, 0.717) is 34.5 Å². The highest BCUT2D eigenvalue weighted by atomic mass is 16.5. The van der Waals surface area contributed by atoms with Crippen molar-refractivity contribution in [3.8, 4) is 17.0 Å². The van der Waals surface area contributed by atoms with Crippen LogP contribution in [-0.2, 0) is 9.47 Å². The van der Waals surface area contributed by atoms with E-state index < -0.39 is 17.8 Å². The van der Waals surface area contributed by atoms with E-state index in [1.54, 1.807) is 19.9 Å². The van der Waals surface area contributed by atoms with Gasteiger partial charge in [0.2, 0.25) is 0 Å². The second kappa shape index (κ2) is 12.0. The molecule has 8 nitrogen and oxygen atoms in total. The molecule has 194 valence electrons. The first-order valence-corrected chi connectivity index (χ1v) is 12.4. The largest absolute Gasteiger partial charge is 0.493 e. The molecular weight excluding hydrogens is 484 g/mol. The van der Waals surface area contributed by atoms with E-state index in [4.69, 9.17) is 19.2 Å². The van der Waals surface area contributed by atoms with E-state index in [2.05, 4.69) is 5.32 Å². The van der Waals surface area contributed by atoms with Crippen molar-refractivity contribution in [2.24, 2.45) is 0 Å². The molecule has 0 fully saturated rings. The van der Waals surface area contributed by atoms with Crippen molar-refractivity contribution in [1.82, 2.24) is 4.98 Å². The highest BCUT2D eigenvalue weighted by Gasteiger charge is 2.19. The molecule has 0 radical (unpaired) electrons. The first-order chi connectivity index (χ1) is 18.4. The van der Waals surface area contributed by atoms with Gasteiger partial charge in [0.25, 0.3) is 5.91 Å². The van der Waals surface area contributed by atoms with Crippen LogP contribution in [0.5, 0.6) is 5.75 Å². The standard InChI is InChI=1S/C30H28N2O6/c1-4-36-27-14-10-8-12-23(27)26-18-24(22-11-7-9-13-25(22)32-26)28(33)31-21-16-19(29(34)37-5-2)15-20(17-21)30(35)38-6-3/h7-18H,4-6H2,1-3H3,(H,31,33). The fourth-order valence-corrected chi connectivity index (χ4v) is 4.02. The van der Waals surface area contributed by atoms with E-state index in [-0.39, 0.29) is 30.0 Å². The minimum absolute atomic E-state index is 0.124. The maximum absolute atomic E-state index is 13.6. The molecule has 3 aromatic carbocycles. The number of fused-ring (bicyclic) bond motifs is 1. The number of hydrogen-bond donors (Lipinski definition) is 1. The van der Waals surface area contributed by atoms with E-state index in [9.17, 15) is 14.4 Å². The van der Waals surface area contributed by atoms with Gasteiger partial charge in [-0.2, -0.15) is 0 Å². The average molecular weight is 513 g/mol. The molecule has 0 aliphatic heterocycles. The quantitative estimate of drug-likeness (QED) is 0.278. The Hall–Kier alpha value is -4.72. The fourth-order valence-electron chi connectivity index (χ4n) is 4.02. The number of nitrogens with one attached hydrogen (secondary N) is 1. The highest BCUT2D eigenvalue weighted by molar-refractivity contribution is 6.13. The molecule has 1 N–H and O–H groups in total. The number of nitrogens with zero attached hydrogens (tertiary/aromatic N) is 1. The van der Waals surface area contributed by atoms with Gasteiger partial charge in [0.05, 0.1) is 47.7 Å². The Morgan fingerprint density at radius 3 is 2.05 bits per heavy atom. The van der Waals surface area contributed by atoms with Gasteiger partial charge in [0.1, 0.15) is 5.75 Å². The van der Waals surface area contributed by atoms with Crippen molar-refractivity contribution in [3.63, 3.8) is 0 Å². The van der Waals surface area contributed by atoms with E-state index in [1.807, 2.05) is 55.5 Å². The molecule has 0 aliphatic carbocycles. The van der Waals surface area contributed by atoms with Gasteiger partial charge in [-0.1, -0.05) is 30.3 Å². The van der Waals surface area contributed by atoms with Crippen LogP contribution in [0.2, 0.25) is 0 Å². The first-order valence-electron chi connectivity index (χ1n) is 12.4. The number of ether oxygens (including phenoxy) is 3. The highest BCUT2D eigenvalue weighted by Crippen LogP contribution is 2.32. The summed E-state index contributed by atoms with van der Waals surface area (Å²) < 4.78 is 16.0. The van der Waals surface area contributed by atoms with Crippen molar-refractivity contribution in [3.05, 3.63) is 89.5 Å². The summed E-state index contributed by atoms with van der Waals surface area (Å²) >= 11 is 0. The Morgan fingerprint density at radius 2 is 1.39 bits per heavy atom. The molecule has 4 rings (SSSR count). The predicted molar refractivity (Wildman–Crippen MR) is 145 cm³/mol. The van der Waals surface area contributed by atoms with Crippen LogP contribution in [0.15, 0.2) is 72.8 Å². The number of amides is 1. The second-order valence-corrected chi connectivity index (χ2v) is 8.20. The molecule has 4 aromatic rings. The van der Waals surface area contributed by atoms with Gasteiger partial charge < -0.3 is 19.5 Å². The van der Waals surface area contributed by atoms with Gasteiger partial charge in [-0.3, -0.25) is 4.79 Å². The molecule has 0 unspecified atom stereocenters. The van der Waals surface area contributed by atoms with Gasteiger partial charge in [0, 0.05) is 16.6 Å². The van der Waals surface area contributed by atoms with Crippen LogP contribution in [-0.4, -0.2) is 42.7 Å². The lowest BCUT2D eigenvalue weighted by molar-refractivity contribution is 0.0525. The number of carbonyl (C=O) groups excluding carboxylic acids is 3. The second-order valence-electron chi connectivity index (χ2n) is 8.20. The first kappa shape index (κ1) is 26.3. The zero-order valence-electron chi connectivity index (χ0n) is 21.4. The number of anilines is 1. The number of benzene rings is 3. The number of aromatic nitrogens is 1. The van der Waals surface area contributed by atoms with E-state index >= 15 is 0 Å². The van der Waals surface area contributed by atoms with Crippen LogP contribution >= 0.6 is 0 Å². The normalized spacial score (nSPS) is 10.6. The smallest absolute Gasteiger partial charge is 0.338 e. The van der Waals surface area contributed by atoms with Crippen LogP contribution in [0.3, 0.4) is 0 Å². The lowest BCUT2D eigenvalue weighted by atomic mass is 10.0. The molecule has 38 heavy (non-hydrogen) atoms. The van der Waals surface area contributed by atoms with Gasteiger partial charge in [0.15, 0.2) is 0 Å². The summed E-state index contributed by atoms with van der Waals surface area (Å²) in [4.78, 5) is 43.3. The molecule has 0 saturated heterocycles. The molecule has 1 heterocycles. The maximum Gasteiger partial charge on any atom is 0.338 e. The summed E-state index contributed by atoms with van der Waals surface area (Å²) in [6.45, 7) is 6.09. The average Bonchev–Trinajstić information content (AvgIpc) is 2.93. The zero-order valence-corrected chi connectivity index (χ0v) is 21.4. The predicted octanol–water partition coefficient (Wildman–Crippen LogP) is 5.91. The van der Waals surface area contributed by atoms with Crippen LogP contribution in [0.4, 0.5) is 5.69 Å². The minimum Gasteiger partial charge on any atom is -0.493 e. The number of rotatable bonds is 9. The van der Waals surface area contributed by atoms with Gasteiger partial charge in [-0.15, -0.1) is 0 Å². The third kappa shape index (κ3) is 5.81. The summed E-state index contributed by atoms with van der Waals surface area (Å²) in [5, 5.41) is 3.48. The molecular formula is C30H28N2O6. The maximum atomic E-state index is 13.6. The third-order valence-corrected chi connectivity index (χ3v) is 5.64. The topological polar surface area (TPSA) is 104 Å². The summed E-state index contributed by atoms with van der Waals surface area (Å²) in [5.74, 6) is -1.00. The third-order valence-electron chi connectivity index (χ3n) is 5.64. The SMILES string of the molecule is CCOC(=O)c1cc(NC(=O)c2cc(-c3ccccc3OCC)nc3ccccc23)cc(C(=O)OCC)c1. The molecule has 1 amide bonds. The lowest BCUT2D eigenvalue weighted by Gasteiger charge is -2.14. The molecule has 1 aromatic heterocycles. The van der Waals surface area contributed by atoms with Crippen LogP contribution in [0.25, 0.3) is 22.2 Å². The van der Waals surface area contributed by atoms with Crippen LogP contribution in [0, 0.1) is 0 Å². The molecule has 0 spiro atoms. The Labute approximate surface area is 220 Å². The van der Waals surface area contributed by atoms with E-state index in [1.165, 1.54) is 18.2 Å². The van der Waals surface area contributed by atoms with Gasteiger partial charge >= 0.3 is 11.9 Å². The molecule has 0 bridgehead atoms. The number of hydrogen-bond acceptors (Lipinski definition) is 7. The van der Waals surface area contributed by atoms with Crippen molar-refractivity contribution in [1.29, 1.82) is 0 Å². The fraction of sp³-hybridized carbons (Fsp3) is 0.200. The van der Waals surface area contributed by atoms with Crippen molar-refractivity contribution in [2.75, 3.05) is 25.1 Å². The number of esters is 2. The Kier molecular flexibility index (Phi) is 8.33. The van der Waals surface area contributed by atoms with Gasteiger partial charge in [-0.05, 0) is 63.2 Å². The lowest BCUT2D eigenvalue weighted by Crippen LogP contribution is -2.15. The minimum atomic E-state index is -0.613. The molecule has 0 saturated carbocycles. The Morgan fingerprint density at radius 1 is 0.763 bits per heavy atom. The summed E-state index contributed by atoms with van der Waals surface area (Å²) in [6, 6.07) is 20.8. The summed E-state index contributed by atoms with van der Waals surface area (Å²) in [5.41, 5.74) is 2.83. The zero-order chi connectivity index (χ0) is 27.1. The number of carbonyl (C=O) groups is 3. The number of para-hydroxylation sites is 2. The van der Waals surface area contributed by atoms with Crippen molar-refractivity contribution >= 4 is 34.4 Å².